The van der Waals surface area contributed by atoms with Crippen molar-refractivity contribution in [3.05, 3.63) is 35.1 Å². The van der Waals surface area contributed by atoms with E-state index in [0.29, 0.717) is 19.6 Å². The molecule has 0 radical (unpaired) electrons. The van der Waals surface area contributed by atoms with Gasteiger partial charge in [0.15, 0.2) is 0 Å². The van der Waals surface area contributed by atoms with Crippen LogP contribution in [0.4, 0.5) is 4.39 Å². The lowest BCUT2D eigenvalue weighted by Gasteiger charge is -2.27. The van der Waals surface area contributed by atoms with E-state index in [2.05, 4.69) is 5.32 Å². The summed E-state index contributed by atoms with van der Waals surface area (Å²) < 4.78 is 13.1. The molecule has 0 fully saturated rings. The molecule has 0 amide bonds. The molecule has 1 aromatic rings. The van der Waals surface area contributed by atoms with Gasteiger partial charge in [-0.1, -0.05) is 6.07 Å². The Kier molecular flexibility index (Phi) is 5.43. The van der Waals surface area contributed by atoms with Crippen molar-refractivity contribution in [2.75, 3.05) is 27.2 Å². The number of likely N-dealkylation sites (N-methyl/N-ethyl adjacent to an activating group) is 1. The Hall–Kier alpha value is -1.48. The molecule has 0 aliphatic heterocycles. The minimum absolute atomic E-state index is 0.0411. The number of nitrogens with one attached hydrogen (secondary N) is 1. The third-order valence-electron chi connectivity index (χ3n) is 2.64. The largest absolute Gasteiger partial charge is 0.388 e. The van der Waals surface area contributed by atoms with E-state index in [1.165, 1.54) is 12.1 Å². The Morgan fingerprint density at radius 2 is 2.16 bits per heavy atom. The molecule has 1 atom stereocenters. The van der Waals surface area contributed by atoms with Gasteiger partial charge in [0.2, 0.25) is 0 Å². The smallest absolute Gasteiger partial charge is 0.140 e. The third-order valence-corrected chi connectivity index (χ3v) is 2.64. The molecule has 0 aromatic heterocycles. The number of hydrogen-bond acceptors (Lipinski definition) is 4. The Labute approximate surface area is 113 Å². The van der Waals surface area contributed by atoms with Crippen LogP contribution in [0.1, 0.15) is 18.1 Å². The summed E-state index contributed by atoms with van der Waals surface area (Å²) >= 11 is 0. The van der Waals surface area contributed by atoms with Gasteiger partial charge in [0.25, 0.3) is 0 Å². The molecule has 0 saturated carbocycles. The molecule has 1 unspecified atom stereocenters. The van der Waals surface area contributed by atoms with Crippen molar-refractivity contribution in [1.82, 2.24) is 10.2 Å². The van der Waals surface area contributed by atoms with Gasteiger partial charge in [-0.2, -0.15) is 5.26 Å². The van der Waals surface area contributed by atoms with Gasteiger partial charge in [-0.05, 0) is 38.7 Å². The molecule has 0 aliphatic carbocycles. The molecule has 0 aliphatic rings. The normalized spacial score (nSPS) is 14.2. The van der Waals surface area contributed by atoms with E-state index in [4.69, 9.17) is 5.26 Å². The van der Waals surface area contributed by atoms with Crippen LogP contribution < -0.4 is 5.32 Å². The standard InChI is InChI=1S/C14H20FN3O/c1-14(19,10-18(2)3)9-17-8-11-4-5-13(15)12(6-11)7-16/h4-6,17,19H,8-10H2,1-3H3. The van der Waals surface area contributed by atoms with Gasteiger partial charge in [-0.15, -0.1) is 0 Å². The van der Waals surface area contributed by atoms with Crippen molar-refractivity contribution in [1.29, 1.82) is 5.26 Å². The van der Waals surface area contributed by atoms with Crippen molar-refractivity contribution < 1.29 is 9.50 Å². The van der Waals surface area contributed by atoms with Crippen LogP contribution in [0.15, 0.2) is 18.2 Å². The summed E-state index contributed by atoms with van der Waals surface area (Å²) in [6.45, 7) is 3.21. The number of rotatable bonds is 6. The van der Waals surface area contributed by atoms with Crippen molar-refractivity contribution in [2.24, 2.45) is 0 Å². The second-order valence-electron chi connectivity index (χ2n) is 5.26. The highest BCUT2D eigenvalue weighted by Gasteiger charge is 2.20. The lowest BCUT2D eigenvalue weighted by atomic mass is 10.1. The van der Waals surface area contributed by atoms with E-state index in [0.717, 1.165) is 5.56 Å². The minimum atomic E-state index is -0.832. The van der Waals surface area contributed by atoms with E-state index in [1.807, 2.05) is 25.1 Å². The van der Waals surface area contributed by atoms with Crippen molar-refractivity contribution in [2.45, 2.75) is 19.1 Å². The average molecular weight is 265 g/mol. The van der Waals surface area contributed by atoms with E-state index < -0.39 is 11.4 Å². The quantitative estimate of drug-likeness (QED) is 0.808. The third kappa shape index (κ3) is 5.35. The van der Waals surface area contributed by atoms with Gasteiger partial charge in [-0.3, -0.25) is 0 Å². The lowest BCUT2D eigenvalue weighted by molar-refractivity contribution is 0.0336. The molecule has 1 rings (SSSR count). The Bertz CT molecular complexity index is 466. The van der Waals surface area contributed by atoms with Crippen LogP contribution in [0, 0.1) is 17.1 Å². The first-order chi connectivity index (χ1) is 8.84. The molecule has 4 nitrogen and oxygen atoms in total. The fourth-order valence-corrected chi connectivity index (χ4v) is 1.98. The van der Waals surface area contributed by atoms with Gasteiger partial charge in [-0.25, -0.2) is 4.39 Å². The molecule has 0 bridgehead atoms. The molecule has 5 heteroatoms. The summed E-state index contributed by atoms with van der Waals surface area (Å²) in [4.78, 5) is 1.91. The molecular formula is C14H20FN3O. The molecule has 0 spiro atoms. The summed E-state index contributed by atoms with van der Waals surface area (Å²) in [6.07, 6.45) is 0. The summed E-state index contributed by atoms with van der Waals surface area (Å²) in [5, 5.41) is 21.9. The molecular weight excluding hydrogens is 245 g/mol. The van der Waals surface area contributed by atoms with Crippen molar-refractivity contribution >= 4 is 0 Å². The predicted octanol–water partition coefficient (Wildman–Crippen LogP) is 1.10. The maximum Gasteiger partial charge on any atom is 0.140 e. The zero-order valence-corrected chi connectivity index (χ0v) is 11.6. The van der Waals surface area contributed by atoms with Gasteiger partial charge in [0, 0.05) is 19.6 Å². The van der Waals surface area contributed by atoms with Gasteiger partial charge < -0.3 is 15.3 Å². The second-order valence-corrected chi connectivity index (χ2v) is 5.26. The predicted molar refractivity (Wildman–Crippen MR) is 72.0 cm³/mol. The molecule has 0 saturated heterocycles. The topological polar surface area (TPSA) is 59.3 Å². The molecule has 104 valence electrons. The first-order valence-corrected chi connectivity index (χ1v) is 6.10. The Morgan fingerprint density at radius 1 is 1.47 bits per heavy atom. The number of aliphatic hydroxyl groups is 1. The Morgan fingerprint density at radius 3 is 2.74 bits per heavy atom. The van der Waals surface area contributed by atoms with E-state index in [-0.39, 0.29) is 5.56 Å². The van der Waals surface area contributed by atoms with Gasteiger partial charge in [0.05, 0.1) is 11.2 Å². The Balaban J connectivity index is 2.52. The van der Waals surface area contributed by atoms with Gasteiger partial charge in [0.1, 0.15) is 11.9 Å². The van der Waals surface area contributed by atoms with Crippen LogP contribution in [0.25, 0.3) is 0 Å². The SMILES string of the molecule is CN(C)CC(C)(O)CNCc1ccc(F)c(C#N)c1. The van der Waals surface area contributed by atoms with E-state index >= 15 is 0 Å². The maximum atomic E-state index is 13.1. The zero-order chi connectivity index (χ0) is 14.5. The van der Waals surface area contributed by atoms with Crippen LogP contribution in [-0.4, -0.2) is 42.8 Å². The molecule has 0 heterocycles. The monoisotopic (exact) mass is 265 g/mol. The zero-order valence-electron chi connectivity index (χ0n) is 11.6. The van der Waals surface area contributed by atoms with Gasteiger partial charge >= 0.3 is 0 Å². The lowest BCUT2D eigenvalue weighted by Crippen LogP contribution is -2.45. The molecule has 1 aromatic carbocycles. The van der Waals surface area contributed by atoms with Crippen molar-refractivity contribution in [3.63, 3.8) is 0 Å². The summed E-state index contributed by atoms with van der Waals surface area (Å²) in [7, 11) is 3.79. The minimum Gasteiger partial charge on any atom is -0.388 e. The number of nitrogens with zero attached hydrogens (tertiary/aromatic N) is 2. The first kappa shape index (κ1) is 15.6. The number of benzene rings is 1. The summed E-state index contributed by atoms with van der Waals surface area (Å²) in [5.41, 5.74) is 0.0275. The fourth-order valence-electron chi connectivity index (χ4n) is 1.98. The van der Waals surface area contributed by atoms with Crippen LogP contribution in [0.2, 0.25) is 0 Å². The van der Waals surface area contributed by atoms with Crippen molar-refractivity contribution in [3.8, 4) is 6.07 Å². The fraction of sp³-hybridized carbons (Fsp3) is 0.500. The molecule has 19 heavy (non-hydrogen) atoms. The maximum absolute atomic E-state index is 13.1. The van der Waals surface area contributed by atoms with E-state index in [9.17, 15) is 9.50 Å². The number of nitriles is 1. The van der Waals surface area contributed by atoms with Crippen LogP contribution in [0.3, 0.4) is 0 Å². The first-order valence-electron chi connectivity index (χ1n) is 6.10. The van der Waals surface area contributed by atoms with Crippen LogP contribution in [-0.2, 0) is 6.54 Å². The summed E-state index contributed by atoms with van der Waals surface area (Å²) in [5.74, 6) is -0.508. The van der Waals surface area contributed by atoms with Crippen LogP contribution in [0.5, 0.6) is 0 Å². The second kappa shape index (κ2) is 6.62. The average Bonchev–Trinajstić information content (AvgIpc) is 2.29. The van der Waals surface area contributed by atoms with E-state index in [1.54, 1.807) is 13.0 Å². The summed E-state index contributed by atoms with van der Waals surface area (Å²) in [6, 6.07) is 6.24. The van der Waals surface area contributed by atoms with Crippen LogP contribution >= 0.6 is 0 Å². The number of halogens is 1. The number of hydrogen-bond donors (Lipinski definition) is 2. The highest BCUT2D eigenvalue weighted by atomic mass is 19.1. The molecule has 2 N–H and O–H groups in total. The highest BCUT2D eigenvalue weighted by molar-refractivity contribution is 5.34. The highest BCUT2D eigenvalue weighted by Crippen LogP contribution is 2.10.